The first-order valence-corrected chi connectivity index (χ1v) is 6.97. The number of amides is 1. The Bertz CT molecular complexity index is 649. The SMILES string of the molecule is O=CC[C@@H]([C](NC(=O)O)c1ccccc1)c1cc(Cl)ccn1. The minimum atomic E-state index is -1.20. The molecule has 0 spiro atoms. The lowest BCUT2D eigenvalue weighted by atomic mass is 9.87. The second-order valence-electron chi connectivity index (χ2n) is 4.56. The molecule has 5 nitrogen and oxygen atoms in total. The van der Waals surface area contributed by atoms with Gasteiger partial charge < -0.3 is 15.2 Å². The van der Waals surface area contributed by atoms with Gasteiger partial charge in [-0.05, 0) is 17.7 Å². The summed E-state index contributed by atoms with van der Waals surface area (Å²) in [6.07, 6.45) is 1.16. The zero-order valence-corrected chi connectivity index (χ0v) is 12.3. The Morgan fingerprint density at radius 1 is 1.32 bits per heavy atom. The number of hydrogen-bond donors (Lipinski definition) is 2. The number of carboxylic acid groups (broad SMARTS) is 1. The summed E-state index contributed by atoms with van der Waals surface area (Å²) in [4.78, 5) is 26.4. The lowest BCUT2D eigenvalue weighted by Gasteiger charge is -2.24. The predicted molar refractivity (Wildman–Crippen MR) is 82.6 cm³/mol. The third kappa shape index (κ3) is 4.05. The summed E-state index contributed by atoms with van der Waals surface area (Å²) < 4.78 is 0. The molecule has 113 valence electrons. The van der Waals surface area contributed by atoms with E-state index in [2.05, 4.69) is 10.3 Å². The van der Waals surface area contributed by atoms with Crippen molar-refractivity contribution in [1.82, 2.24) is 10.3 Å². The second-order valence-corrected chi connectivity index (χ2v) is 5.00. The van der Waals surface area contributed by atoms with Crippen molar-refractivity contribution in [3.05, 3.63) is 71.0 Å². The van der Waals surface area contributed by atoms with Crippen LogP contribution in [0.15, 0.2) is 48.7 Å². The van der Waals surface area contributed by atoms with E-state index in [1.54, 1.807) is 36.4 Å². The summed E-state index contributed by atoms with van der Waals surface area (Å²) >= 11 is 5.97. The Morgan fingerprint density at radius 3 is 2.64 bits per heavy atom. The standard InChI is InChI=1S/C16H14ClN2O3/c17-12-6-8-18-14(10-12)13(7-9-20)15(19-16(21)22)11-4-2-1-3-5-11/h1-6,8-10,13,19H,7H2,(H,21,22)/t13-/m1/s1. The van der Waals surface area contributed by atoms with Gasteiger partial charge in [0.25, 0.3) is 0 Å². The first-order chi connectivity index (χ1) is 10.6. The fourth-order valence-electron chi connectivity index (χ4n) is 2.19. The molecule has 0 unspecified atom stereocenters. The molecule has 0 bridgehead atoms. The van der Waals surface area contributed by atoms with E-state index in [0.717, 1.165) is 6.29 Å². The van der Waals surface area contributed by atoms with Gasteiger partial charge in [-0.2, -0.15) is 0 Å². The van der Waals surface area contributed by atoms with Crippen LogP contribution < -0.4 is 5.32 Å². The summed E-state index contributed by atoms with van der Waals surface area (Å²) in [5.41, 5.74) is 1.21. The third-order valence-corrected chi connectivity index (χ3v) is 3.34. The van der Waals surface area contributed by atoms with E-state index in [9.17, 15) is 9.59 Å². The predicted octanol–water partition coefficient (Wildman–Crippen LogP) is 3.26. The number of nitrogens with zero attached hydrogens (tertiary/aromatic N) is 1. The highest BCUT2D eigenvalue weighted by atomic mass is 35.5. The van der Waals surface area contributed by atoms with Gasteiger partial charge in [0.05, 0.1) is 0 Å². The Hall–Kier alpha value is -2.40. The fraction of sp³-hybridized carbons (Fsp3) is 0.125. The maximum absolute atomic E-state index is 11.1. The Balaban J connectivity index is 2.44. The largest absolute Gasteiger partial charge is 0.465 e. The van der Waals surface area contributed by atoms with Crippen LogP contribution in [0.5, 0.6) is 0 Å². The van der Waals surface area contributed by atoms with Crippen molar-refractivity contribution in [3.8, 4) is 0 Å². The van der Waals surface area contributed by atoms with Gasteiger partial charge in [0.15, 0.2) is 0 Å². The summed E-state index contributed by atoms with van der Waals surface area (Å²) in [5, 5.41) is 12.0. The zero-order chi connectivity index (χ0) is 15.9. The van der Waals surface area contributed by atoms with Gasteiger partial charge >= 0.3 is 6.09 Å². The molecule has 0 aliphatic rings. The molecule has 0 aliphatic carbocycles. The van der Waals surface area contributed by atoms with E-state index in [1.165, 1.54) is 6.20 Å². The molecule has 1 atom stereocenters. The van der Waals surface area contributed by atoms with Gasteiger partial charge in [-0.25, -0.2) is 4.79 Å². The Morgan fingerprint density at radius 2 is 2.05 bits per heavy atom. The van der Waals surface area contributed by atoms with Crippen LogP contribution in [0, 0.1) is 6.04 Å². The van der Waals surface area contributed by atoms with Crippen LogP contribution in [-0.4, -0.2) is 22.5 Å². The number of halogens is 1. The van der Waals surface area contributed by atoms with Crippen LogP contribution in [0.2, 0.25) is 5.02 Å². The topological polar surface area (TPSA) is 79.3 Å². The minimum Gasteiger partial charge on any atom is -0.465 e. The molecule has 2 aromatic rings. The number of carbonyl (C=O) groups is 2. The molecule has 2 N–H and O–H groups in total. The molecule has 2 rings (SSSR count). The normalized spacial score (nSPS) is 11.9. The molecular weight excluding hydrogens is 304 g/mol. The number of aromatic nitrogens is 1. The average molecular weight is 318 g/mol. The molecule has 0 aliphatic heterocycles. The quantitative estimate of drug-likeness (QED) is 0.801. The number of rotatable bonds is 6. The first-order valence-electron chi connectivity index (χ1n) is 6.59. The maximum Gasteiger partial charge on any atom is 0.405 e. The molecule has 0 saturated carbocycles. The van der Waals surface area contributed by atoms with Crippen molar-refractivity contribution in [1.29, 1.82) is 0 Å². The average Bonchev–Trinajstić information content (AvgIpc) is 2.51. The molecule has 1 aromatic carbocycles. The summed E-state index contributed by atoms with van der Waals surface area (Å²) in [6.45, 7) is 0. The van der Waals surface area contributed by atoms with Crippen molar-refractivity contribution >= 4 is 24.0 Å². The second kappa shape index (κ2) is 7.56. The van der Waals surface area contributed by atoms with Crippen molar-refractivity contribution in [2.45, 2.75) is 12.3 Å². The van der Waals surface area contributed by atoms with Gasteiger partial charge in [-0.1, -0.05) is 41.9 Å². The van der Waals surface area contributed by atoms with Gasteiger partial charge in [-0.3, -0.25) is 4.98 Å². The maximum atomic E-state index is 11.1. The number of aldehydes is 1. The highest BCUT2D eigenvalue weighted by molar-refractivity contribution is 6.30. The van der Waals surface area contributed by atoms with E-state index < -0.39 is 12.0 Å². The van der Waals surface area contributed by atoms with Crippen LogP contribution in [0.3, 0.4) is 0 Å². The van der Waals surface area contributed by atoms with Crippen molar-refractivity contribution < 1.29 is 14.7 Å². The van der Waals surface area contributed by atoms with Crippen LogP contribution >= 0.6 is 11.6 Å². The van der Waals surface area contributed by atoms with Gasteiger partial charge in [0.2, 0.25) is 0 Å². The molecule has 6 heteroatoms. The summed E-state index contributed by atoms with van der Waals surface area (Å²) in [7, 11) is 0. The summed E-state index contributed by atoms with van der Waals surface area (Å²) in [5.74, 6) is -0.519. The third-order valence-electron chi connectivity index (χ3n) is 3.11. The molecule has 22 heavy (non-hydrogen) atoms. The molecule has 1 amide bonds. The first kappa shape index (κ1) is 16.0. The molecule has 1 heterocycles. The van der Waals surface area contributed by atoms with E-state index in [1.807, 2.05) is 6.07 Å². The summed E-state index contributed by atoms with van der Waals surface area (Å²) in [6, 6.07) is 12.6. The van der Waals surface area contributed by atoms with Gasteiger partial charge in [-0.15, -0.1) is 0 Å². The monoisotopic (exact) mass is 317 g/mol. The molecular formula is C16H14ClN2O3. The Labute approximate surface area is 133 Å². The van der Waals surface area contributed by atoms with Crippen LogP contribution in [0.4, 0.5) is 4.79 Å². The number of hydrogen-bond acceptors (Lipinski definition) is 3. The number of pyridine rings is 1. The fourth-order valence-corrected chi connectivity index (χ4v) is 2.36. The number of carbonyl (C=O) groups excluding carboxylic acids is 1. The van der Waals surface area contributed by atoms with Crippen molar-refractivity contribution in [2.75, 3.05) is 0 Å². The van der Waals surface area contributed by atoms with Crippen molar-refractivity contribution in [3.63, 3.8) is 0 Å². The minimum absolute atomic E-state index is 0.0951. The lowest BCUT2D eigenvalue weighted by molar-refractivity contribution is -0.108. The van der Waals surface area contributed by atoms with E-state index in [-0.39, 0.29) is 6.42 Å². The zero-order valence-electron chi connectivity index (χ0n) is 11.6. The van der Waals surface area contributed by atoms with Crippen LogP contribution in [-0.2, 0) is 4.79 Å². The van der Waals surface area contributed by atoms with Gasteiger partial charge in [0.1, 0.15) is 12.3 Å². The smallest absolute Gasteiger partial charge is 0.405 e. The lowest BCUT2D eigenvalue weighted by Crippen LogP contribution is -2.32. The van der Waals surface area contributed by atoms with E-state index in [4.69, 9.17) is 16.7 Å². The Kier molecular flexibility index (Phi) is 5.49. The molecule has 0 saturated heterocycles. The number of nitrogens with one attached hydrogen (secondary N) is 1. The van der Waals surface area contributed by atoms with E-state index >= 15 is 0 Å². The molecule has 1 radical (unpaired) electrons. The molecule has 0 fully saturated rings. The highest BCUT2D eigenvalue weighted by Gasteiger charge is 2.28. The van der Waals surface area contributed by atoms with E-state index in [0.29, 0.717) is 22.3 Å². The van der Waals surface area contributed by atoms with Crippen LogP contribution in [0.25, 0.3) is 0 Å². The number of benzene rings is 1. The van der Waals surface area contributed by atoms with Gasteiger partial charge in [0, 0.05) is 29.3 Å². The highest BCUT2D eigenvalue weighted by Crippen LogP contribution is 2.32. The molecule has 1 aromatic heterocycles. The van der Waals surface area contributed by atoms with Crippen LogP contribution in [0.1, 0.15) is 23.6 Å². The van der Waals surface area contributed by atoms with Crippen molar-refractivity contribution in [2.24, 2.45) is 0 Å².